The van der Waals surface area contributed by atoms with Crippen LogP contribution < -0.4 is 11.1 Å². The summed E-state index contributed by atoms with van der Waals surface area (Å²) in [5.41, 5.74) is 10.2. The van der Waals surface area contributed by atoms with Gasteiger partial charge in [0.15, 0.2) is 5.96 Å². The van der Waals surface area contributed by atoms with Crippen LogP contribution in [0.25, 0.3) is 0 Å². The second-order valence-corrected chi connectivity index (χ2v) is 7.44. The molecular formula is C20H33IN4. The van der Waals surface area contributed by atoms with E-state index in [1.165, 1.54) is 56.3 Å². The minimum absolute atomic E-state index is 0. The number of aliphatic imine (C=N–C) groups is 1. The van der Waals surface area contributed by atoms with Crippen molar-refractivity contribution >= 4 is 35.6 Å². The summed E-state index contributed by atoms with van der Waals surface area (Å²) in [5, 5.41) is 3.33. The zero-order valence-electron chi connectivity index (χ0n) is 15.5. The second kappa shape index (κ2) is 10.4. The number of fused-ring (bicyclic) bond motifs is 1. The number of anilines is 1. The smallest absolute Gasteiger partial charge is 0.193 e. The third kappa shape index (κ3) is 6.13. The Labute approximate surface area is 169 Å². The lowest BCUT2D eigenvalue weighted by molar-refractivity contribution is 0.183. The molecule has 1 aromatic rings. The molecule has 2 aliphatic rings. The summed E-state index contributed by atoms with van der Waals surface area (Å²) in [6, 6.07) is 6.49. The summed E-state index contributed by atoms with van der Waals surface area (Å²) in [6.45, 7) is 6.79. The molecule has 1 aliphatic heterocycles. The van der Waals surface area contributed by atoms with E-state index in [-0.39, 0.29) is 24.0 Å². The molecule has 0 amide bonds. The molecule has 0 spiro atoms. The zero-order valence-corrected chi connectivity index (χ0v) is 17.8. The van der Waals surface area contributed by atoms with Crippen molar-refractivity contribution in [2.45, 2.75) is 51.9 Å². The van der Waals surface area contributed by atoms with Crippen molar-refractivity contribution < 1.29 is 0 Å². The fourth-order valence-electron chi connectivity index (χ4n) is 4.06. The number of piperidine rings is 1. The topological polar surface area (TPSA) is 53.6 Å². The van der Waals surface area contributed by atoms with Crippen LogP contribution in [0, 0.1) is 5.92 Å². The minimum Gasteiger partial charge on any atom is -0.370 e. The SMILES string of the molecule is CC1CCCN(CCCN=C(N)Nc2cccc3c2CCCC3)C1.I. The average molecular weight is 456 g/mol. The van der Waals surface area contributed by atoms with Gasteiger partial charge in [0.2, 0.25) is 0 Å². The Morgan fingerprint density at radius 3 is 2.96 bits per heavy atom. The molecule has 5 heteroatoms. The highest BCUT2D eigenvalue weighted by Crippen LogP contribution is 2.27. The summed E-state index contributed by atoms with van der Waals surface area (Å²) in [4.78, 5) is 7.10. The van der Waals surface area contributed by atoms with Crippen molar-refractivity contribution in [1.82, 2.24) is 4.90 Å². The van der Waals surface area contributed by atoms with Crippen molar-refractivity contribution in [2.24, 2.45) is 16.6 Å². The van der Waals surface area contributed by atoms with E-state index >= 15 is 0 Å². The van der Waals surface area contributed by atoms with Gasteiger partial charge in [0.05, 0.1) is 0 Å². The molecule has 1 aliphatic carbocycles. The van der Waals surface area contributed by atoms with Crippen LogP contribution in [0.5, 0.6) is 0 Å². The Morgan fingerprint density at radius 2 is 2.12 bits per heavy atom. The number of nitrogens with one attached hydrogen (secondary N) is 1. The van der Waals surface area contributed by atoms with Crippen LogP contribution in [-0.2, 0) is 12.8 Å². The lowest BCUT2D eigenvalue weighted by Gasteiger charge is -2.30. The highest BCUT2D eigenvalue weighted by Gasteiger charge is 2.15. The van der Waals surface area contributed by atoms with Gasteiger partial charge in [-0.3, -0.25) is 4.99 Å². The Kier molecular flexibility index (Phi) is 8.49. The first-order chi connectivity index (χ1) is 11.7. The fraction of sp³-hybridized carbons (Fsp3) is 0.650. The Balaban J connectivity index is 0.00000225. The molecule has 1 unspecified atom stereocenters. The molecule has 4 nitrogen and oxygen atoms in total. The predicted octanol–water partition coefficient (Wildman–Crippen LogP) is 4.03. The van der Waals surface area contributed by atoms with Gasteiger partial charge in [-0.05, 0) is 81.1 Å². The number of benzene rings is 1. The van der Waals surface area contributed by atoms with Gasteiger partial charge in [-0.2, -0.15) is 0 Å². The molecule has 0 radical (unpaired) electrons. The molecule has 3 N–H and O–H groups in total. The van der Waals surface area contributed by atoms with E-state index in [2.05, 4.69) is 40.3 Å². The summed E-state index contributed by atoms with van der Waals surface area (Å²) in [5.74, 6) is 1.40. The highest BCUT2D eigenvalue weighted by atomic mass is 127. The number of likely N-dealkylation sites (tertiary alicyclic amines) is 1. The average Bonchev–Trinajstić information content (AvgIpc) is 2.59. The molecule has 0 bridgehead atoms. The maximum absolute atomic E-state index is 6.11. The molecule has 25 heavy (non-hydrogen) atoms. The van der Waals surface area contributed by atoms with Crippen LogP contribution in [0.4, 0.5) is 5.69 Å². The van der Waals surface area contributed by atoms with Crippen molar-refractivity contribution in [1.29, 1.82) is 0 Å². The third-order valence-electron chi connectivity index (χ3n) is 5.31. The maximum Gasteiger partial charge on any atom is 0.193 e. The second-order valence-electron chi connectivity index (χ2n) is 7.44. The van der Waals surface area contributed by atoms with Crippen LogP contribution in [0.3, 0.4) is 0 Å². The first kappa shape index (κ1) is 20.5. The van der Waals surface area contributed by atoms with E-state index in [1.54, 1.807) is 0 Å². The Morgan fingerprint density at radius 1 is 1.28 bits per heavy atom. The number of nitrogens with two attached hydrogens (primary N) is 1. The fourth-order valence-corrected chi connectivity index (χ4v) is 4.06. The number of hydrogen-bond acceptors (Lipinski definition) is 2. The Hall–Kier alpha value is -0.820. The molecule has 1 aromatic carbocycles. The van der Waals surface area contributed by atoms with Crippen molar-refractivity contribution in [3.05, 3.63) is 29.3 Å². The maximum atomic E-state index is 6.11. The highest BCUT2D eigenvalue weighted by molar-refractivity contribution is 14.0. The van der Waals surface area contributed by atoms with Crippen LogP contribution in [-0.4, -0.2) is 37.0 Å². The largest absolute Gasteiger partial charge is 0.370 e. The van der Waals surface area contributed by atoms with Crippen LogP contribution in [0.2, 0.25) is 0 Å². The number of halogens is 1. The zero-order chi connectivity index (χ0) is 16.8. The van der Waals surface area contributed by atoms with Gasteiger partial charge in [0.1, 0.15) is 0 Å². The third-order valence-corrected chi connectivity index (χ3v) is 5.31. The standard InChI is InChI=1S/C20H32N4.HI/c1-16-7-5-13-24(15-16)14-6-12-22-20(21)23-19-11-4-9-17-8-2-3-10-18(17)19;/h4,9,11,16H,2-3,5-8,10,12-15H2,1H3,(H3,21,22,23);1H. The number of guanidine groups is 1. The summed E-state index contributed by atoms with van der Waals surface area (Å²) < 4.78 is 0. The molecule has 0 aromatic heterocycles. The lowest BCUT2D eigenvalue weighted by atomic mass is 9.90. The van der Waals surface area contributed by atoms with Gasteiger partial charge in [-0.1, -0.05) is 19.1 Å². The van der Waals surface area contributed by atoms with E-state index < -0.39 is 0 Å². The Bertz CT molecular complexity index is 573. The van der Waals surface area contributed by atoms with E-state index in [9.17, 15) is 0 Å². The molecule has 0 saturated carbocycles. The van der Waals surface area contributed by atoms with Gasteiger partial charge in [-0.25, -0.2) is 0 Å². The van der Waals surface area contributed by atoms with E-state index in [0.717, 1.165) is 37.5 Å². The van der Waals surface area contributed by atoms with Gasteiger partial charge in [0, 0.05) is 18.8 Å². The normalized spacial score (nSPS) is 21.3. The quantitative estimate of drug-likeness (QED) is 0.305. The molecule has 1 saturated heterocycles. The lowest BCUT2D eigenvalue weighted by Crippen LogP contribution is -2.35. The summed E-state index contributed by atoms with van der Waals surface area (Å²) in [7, 11) is 0. The van der Waals surface area contributed by atoms with Gasteiger partial charge >= 0.3 is 0 Å². The molecule has 3 rings (SSSR count). The number of nitrogens with zero attached hydrogens (tertiary/aromatic N) is 2. The van der Waals surface area contributed by atoms with E-state index in [4.69, 9.17) is 5.73 Å². The monoisotopic (exact) mass is 456 g/mol. The van der Waals surface area contributed by atoms with Crippen LogP contribution in [0.15, 0.2) is 23.2 Å². The first-order valence-corrected chi connectivity index (χ1v) is 9.62. The van der Waals surface area contributed by atoms with Gasteiger partial charge in [0.25, 0.3) is 0 Å². The van der Waals surface area contributed by atoms with Crippen LogP contribution >= 0.6 is 24.0 Å². The van der Waals surface area contributed by atoms with E-state index in [1.807, 2.05) is 0 Å². The van der Waals surface area contributed by atoms with Gasteiger partial charge in [-0.15, -0.1) is 24.0 Å². The minimum atomic E-state index is 0. The number of hydrogen-bond donors (Lipinski definition) is 2. The van der Waals surface area contributed by atoms with Gasteiger partial charge < -0.3 is 16.0 Å². The molecule has 1 heterocycles. The number of rotatable bonds is 5. The van der Waals surface area contributed by atoms with Crippen molar-refractivity contribution in [3.8, 4) is 0 Å². The van der Waals surface area contributed by atoms with Crippen molar-refractivity contribution in [3.63, 3.8) is 0 Å². The first-order valence-electron chi connectivity index (χ1n) is 9.62. The molecule has 1 fully saturated rings. The summed E-state index contributed by atoms with van der Waals surface area (Å²) in [6.07, 6.45) is 8.73. The molecular weight excluding hydrogens is 423 g/mol. The van der Waals surface area contributed by atoms with E-state index in [0.29, 0.717) is 5.96 Å². The van der Waals surface area contributed by atoms with Crippen LogP contribution in [0.1, 0.15) is 50.2 Å². The van der Waals surface area contributed by atoms with Crippen molar-refractivity contribution in [2.75, 3.05) is 31.5 Å². The summed E-state index contributed by atoms with van der Waals surface area (Å²) >= 11 is 0. The number of aryl methyl sites for hydroxylation is 1. The molecule has 1 atom stereocenters. The molecule has 140 valence electrons. The predicted molar refractivity (Wildman–Crippen MR) is 118 cm³/mol.